The lowest BCUT2D eigenvalue weighted by molar-refractivity contribution is 0.433. The maximum Gasteiger partial charge on any atom is 0.0331 e. The van der Waals surface area contributed by atoms with Crippen molar-refractivity contribution in [1.82, 2.24) is 5.32 Å². The summed E-state index contributed by atoms with van der Waals surface area (Å²) in [6.07, 6.45) is 3.53. The van der Waals surface area contributed by atoms with Crippen LogP contribution < -0.4 is 5.32 Å². The van der Waals surface area contributed by atoms with Crippen LogP contribution in [-0.2, 0) is 18.3 Å². The van der Waals surface area contributed by atoms with Crippen molar-refractivity contribution in [3.05, 3.63) is 34.4 Å². The molecule has 0 saturated carbocycles. The van der Waals surface area contributed by atoms with Gasteiger partial charge in [-0.15, -0.1) is 0 Å². The molecule has 0 spiro atoms. The summed E-state index contributed by atoms with van der Waals surface area (Å²) in [6.45, 7) is 12.6. The summed E-state index contributed by atoms with van der Waals surface area (Å²) < 4.78 is 0. The number of hydrogen-bond donors (Lipinski definition) is 1. The third-order valence-corrected chi connectivity index (χ3v) is 4.40. The average molecular weight is 245 g/mol. The summed E-state index contributed by atoms with van der Waals surface area (Å²) >= 11 is 0. The topological polar surface area (TPSA) is 12.0 Å². The van der Waals surface area contributed by atoms with Gasteiger partial charge in [0.1, 0.15) is 0 Å². The van der Waals surface area contributed by atoms with Crippen LogP contribution in [0.3, 0.4) is 0 Å². The highest BCUT2D eigenvalue weighted by molar-refractivity contribution is 5.47. The second kappa shape index (κ2) is 5.05. The molecule has 1 aliphatic rings. The molecule has 0 radical (unpaired) electrons. The molecule has 0 aromatic heterocycles. The first-order chi connectivity index (χ1) is 8.53. The van der Waals surface area contributed by atoms with Crippen LogP contribution in [0.25, 0.3) is 0 Å². The number of fused-ring (bicyclic) bond motifs is 1. The quantitative estimate of drug-likeness (QED) is 0.840. The zero-order valence-electron chi connectivity index (χ0n) is 12.6. The van der Waals surface area contributed by atoms with Gasteiger partial charge in [0, 0.05) is 6.04 Å². The second-order valence-electron chi connectivity index (χ2n) is 6.11. The van der Waals surface area contributed by atoms with Gasteiger partial charge in [-0.1, -0.05) is 46.8 Å². The fraction of sp³-hybridized carbons (Fsp3) is 0.647. The van der Waals surface area contributed by atoms with E-state index in [4.69, 9.17) is 0 Å². The fourth-order valence-corrected chi connectivity index (χ4v) is 3.40. The number of benzene rings is 1. The van der Waals surface area contributed by atoms with E-state index in [-0.39, 0.29) is 0 Å². The van der Waals surface area contributed by atoms with Crippen molar-refractivity contribution >= 4 is 0 Å². The first-order valence-electron chi connectivity index (χ1n) is 7.43. The molecular weight excluding hydrogens is 218 g/mol. The Morgan fingerprint density at radius 2 is 1.72 bits per heavy atom. The van der Waals surface area contributed by atoms with Crippen LogP contribution in [-0.4, -0.2) is 6.54 Å². The molecule has 2 rings (SSSR count). The number of nitrogens with one attached hydrogen (secondary N) is 1. The minimum absolute atomic E-state index is 0.318. The van der Waals surface area contributed by atoms with Gasteiger partial charge in [-0.3, -0.25) is 0 Å². The van der Waals surface area contributed by atoms with Crippen molar-refractivity contribution in [3.63, 3.8) is 0 Å². The second-order valence-corrected chi connectivity index (χ2v) is 6.11. The normalized spacial score (nSPS) is 21.1. The van der Waals surface area contributed by atoms with Crippen molar-refractivity contribution < 1.29 is 0 Å². The molecule has 0 bridgehead atoms. The van der Waals surface area contributed by atoms with Gasteiger partial charge < -0.3 is 5.32 Å². The number of rotatable bonds is 4. The minimum Gasteiger partial charge on any atom is -0.310 e. The van der Waals surface area contributed by atoms with Gasteiger partial charge in [0.15, 0.2) is 0 Å². The largest absolute Gasteiger partial charge is 0.310 e. The molecule has 0 heterocycles. The van der Waals surface area contributed by atoms with Gasteiger partial charge >= 0.3 is 0 Å². The van der Waals surface area contributed by atoms with Gasteiger partial charge in [0.2, 0.25) is 0 Å². The SMILES string of the molecule is CCNC1CC(C)(C)c2cc(CC)c(CC)cc21. The van der Waals surface area contributed by atoms with E-state index in [1.54, 1.807) is 16.7 Å². The molecule has 1 N–H and O–H groups in total. The Bertz CT molecular complexity index is 431. The van der Waals surface area contributed by atoms with Crippen LogP contribution in [0.1, 0.15) is 69.3 Å². The lowest BCUT2D eigenvalue weighted by Gasteiger charge is -2.20. The molecule has 0 amide bonds. The Balaban J connectivity index is 2.51. The lowest BCUT2D eigenvalue weighted by Crippen LogP contribution is -2.20. The molecule has 0 aliphatic heterocycles. The summed E-state index contributed by atoms with van der Waals surface area (Å²) in [5, 5.41) is 3.65. The van der Waals surface area contributed by atoms with Crippen molar-refractivity contribution in [2.24, 2.45) is 0 Å². The molecule has 1 aromatic carbocycles. The summed E-state index contributed by atoms with van der Waals surface area (Å²) in [7, 11) is 0. The lowest BCUT2D eigenvalue weighted by atomic mass is 9.84. The Morgan fingerprint density at radius 1 is 1.11 bits per heavy atom. The van der Waals surface area contributed by atoms with E-state index < -0.39 is 0 Å². The van der Waals surface area contributed by atoms with E-state index in [0.717, 1.165) is 19.4 Å². The molecule has 0 saturated heterocycles. The van der Waals surface area contributed by atoms with Crippen LogP contribution in [0, 0.1) is 0 Å². The monoisotopic (exact) mass is 245 g/mol. The number of hydrogen-bond acceptors (Lipinski definition) is 1. The molecule has 0 fully saturated rings. The van der Waals surface area contributed by atoms with E-state index in [2.05, 4.69) is 52.1 Å². The molecule has 1 nitrogen and oxygen atoms in total. The molecule has 100 valence electrons. The van der Waals surface area contributed by atoms with Crippen LogP contribution in [0.5, 0.6) is 0 Å². The highest BCUT2D eigenvalue weighted by atomic mass is 14.9. The highest BCUT2D eigenvalue weighted by Gasteiger charge is 2.36. The van der Waals surface area contributed by atoms with Crippen LogP contribution in [0.2, 0.25) is 0 Å². The summed E-state index contributed by atoms with van der Waals surface area (Å²) in [5.41, 5.74) is 6.52. The highest BCUT2D eigenvalue weighted by Crippen LogP contribution is 2.45. The molecule has 1 aliphatic carbocycles. The smallest absolute Gasteiger partial charge is 0.0331 e. The summed E-state index contributed by atoms with van der Waals surface area (Å²) in [5.74, 6) is 0. The minimum atomic E-state index is 0.318. The summed E-state index contributed by atoms with van der Waals surface area (Å²) in [6, 6.07) is 5.50. The van der Waals surface area contributed by atoms with Crippen molar-refractivity contribution in [2.75, 3.05) is 6.54 Å². The molecule has 18 heavy (non-hydrogen) atoms. The van der Waals surface area contributed by atoms with E-state index >= 15 is 0 Å². The van der Waals surface area contributed by atoms with Gasteiger partial charge in [0.25, 0.3) is 0 Å². The average Bonchev–Trinajstić information content (AvgIpc) is 2.59. The Kier molecular flexibility index (Phi) is 3.82. The summed E-state index contributed by atoms with van der Waals surface area (Å²) in [4.78, 5) is 0. The van der Waals surface area contributed by atoms with Crippen LogP contribution >= 0.6 is 0 Å². The molecular formula is C17H27N. The maximum absolute atomic E-state index is 3.65. The van der Waals surface area contributed by atoms with Crippen molar-refractivity contribution in [2.45, 2.75) is 65.3 Å². The predicted octanol–water partition coefficient (Wildman–Crippen LogP) is 4.14. The molecule has 1 heteroatoms. The molecule has 1 atom stereocenters. The predicted molar refractivity (Wildman–Crippen MR) is 79.3 cm³/mol. The van der Waals surface area contributed by atoms with Gasteiger partial charge in [-0.05, 0) is 53.5 Å². The number of aryl methyl sites for hydroxylation is 2. The zero-order valence-corrected chi connectivity index (χ0v) is 12.6. The maximum atomic E-state index is 3.65. The van der Waals surface area contributed by atoms with E-state index in [0.29, 0.717) is 11.5 Å². The van der Waals surface area contributed by atoms with Crippen molar-refractivity contribution in [3.8, 4) is 0 Å². The third-order valence-electron chi connectivity index (χ3n) is 4.40. The van der Waals surface area contributed by atoms with E-state index in [1.165, 1.54) is 12.0 Å². The fourth-order valence-electron chi connectivity index (χ4n) is 3.40. The van der Waals surface area contributed by atoms with E-state index in [1.807, 2.05) is 0 Å². The molecule has 1 unspecified atom stereocenters. The third kappa shape index (κ3) is 2.21. The van der Waals surface area contributed by atoms with Crippen LogP contribution in [0.4, 0.5) is 0 Å². The Hall–Kier alpha value is -0.820. The van der Waals surface area contributed by atoms with Crippen molar-refractivity contribution in [1.29, 1.82) is 0 Å². The Morgan fingerprint density at radius 3 is 2.28 bits per heavy atom. The first kappa shape index (κ1) is 13.6. The standard InChI is InChI=1S/C17H27N/c1-6-12-9-14-15(10-13(12)7-2)17(4,5)11-16(14)18-8-3/h9-10,16,18H,6-8,11H2,1-5H3. The molecule has 1 aromatic rings. The van der Waals surface area contributed by atoms with Gasteiger partial charge in [-0.25, -0.2) is 0 Å². The van der Waals surface area contributed by atoms with Gasteiger partial charge in [-0.2, -0.15) is 0 Å². The Labute approximate surface area is 112 Å². The van der Waals surface area contributed by atoms with Gasteiger partial charge in [0.05, 0.1) is 0 Å². The first-order valence-corrected chi connectivity index (χ1v) is 7.43. The van der Waals surface area contributed by atoms with E-state index in [9.17, 15) is 0 Å². The van der Waals surface area contributed by atoms with Crippen LogP contribution in [0.15, 0.2) is 12.1 Å². The zero-order chi connectivity index (χ0) is 13.3.